The molecular formula is C27H44OSi2. The predicted octanol–water partition coefficient (Wildman–Crippen LogP) is 7.97. The molecule has 1 aromatic carbocycles. The molecule has 0 fully saturated rings. The highest BCUT2D eigenvalue weighted by Crippen LogP contribution is 2.24. The van der Waals surface area contributed by atoms with E-state index in [4.69, 9.17) is 4.74 Å². The van der Waals surface area contributed by atoms with E-state index in [1.165, 1.54) is 50.5 Å². The Balaban J connectivity index is 2.83. The first-order valence-electron chi connectivity index (χ1n) is 11.9. The lowest BCUT2D eigenvalue weighted by Gasteiger charge is -2.12. The molecule has 1 aromatic rings. The van der Waals surface area contributed by atoms with E-state index in [1.54, 1.807) is 0 Å². The summed E-state index contributed by atoms with van der Waals surface area (Å²) in [4.78, 5) is 0. The van der Waals surface area contributed by atoms with Gasteiger partial charge in [0.15, 0.2) is 0 Å². The summed E-state index contributed by atoms with van der Waals surface area (Å²) in [5.74, 6) is 7.75. The number of aryl methyl sites for hydroxylation is 1. The lowest BCUT2D eigenvalue weighted by Crippen LogP contribution is -2.16. The van der Waals surface area contributed by atoms with E-state index >= 15 is 0 Å². The molecule has 0 aliphatic carbocycles. The Morgan fingerprint density at radius 2 is 1.20 bits per heavy atom. The van der Waals surface area contributed by atoms with E-state index in [0.29, 0.717) is 0 Å². The molecule has 0 unspecified atom stereocenters. The highest BCUT2D eigenvalue weighted by atomic mass is 28.3. The van der Waals surface area contributed by atoms with Gasteiger partial charge in [-0.05, 0) is 31.0 Å². The lowest BCUT2D eigenvalue weighted by atomic mass is 10.0. The normalized spacial score (nSPS) is 11.3. The summed E-state index contributed by atoms with van der Waals surface area (Å²) in [5, 5.41) is 0. The van der Waals surface area contributed by atoms with Gasteiger partial charge in [0.25, 0.3) is 0 Å². The molecule has 0 radical (unpaired) electrons. The third kappa shape index (κ3) is 12.3. The van der Waals surface area contributed by atoms with Gasteiger partial charge >= 0.3 is 0 Å². The van der Waals surface area contributed by atoms with Gasteiger partial charge in [0, 0.05) is 5.56 Å². The van der Waals surface area contributed by atoms with Gasteiger partial charge < -0.3 is 4.74 Å². The van der Waals surface area contributed by atoms with Gasteiger partial charge in [-0.15, -0.1) is 11.1 Å². The third-order valence-corrected chi connectivity index (χ3v) is 6.48. The van der Waals surface area contributed by atoms with Crippen LogP contribution in [-0.2, 0) is 0 Å². The number of benzene rings is 1. The highest BCUT2D eigenvalue weighted by molar-refractivity contribution is 6.84. The first kappa shape index (κ1) is 26.6. The molecule has 0 amide bonds. The second-order valence-corrected chi connectivity index (χ2v) is 20.0. The minimum absolute atomic E-state index is 0.764. The van der Waals surface area contributed by atoms with Crippen molar-refractivity contribution in [2.75, 3.05) is 6.61 Å². The largest absolute Gasteiger partial charge is 0.492 e. The Morgan fingerprint density at radius 3 is 1.73 bits per heavy atom. The summed E-state index contributed by atoms with van der Waals surface area (Å²) >= 11 is 0. The molecule has 0 spiro atoms. The number of ether oxygens (including phenoxy) is 1. The molecule has 0 aliphatic heterocycles. The second-order valence-electron chi connectivity index (χ2n) is 10.5. The van der Waals surface area contributed by atoms with Crippen molar-refractivity contribution in [1.29, 1.82) is 0 Å². The van der Waals surface area contributed by atoms with Crippen molar-refractivity contribution < 1.29 is 4.74 Å². The van der Waals surface area contributed by atoms with Crippen LogP contribution in [0.4, 0.5) is 0 Å². The van der Waals surface area contributed by atoms with Gasteiger partial charge in [-0.3, -0.25) is 0 Å². The molecule has 3 heteroatoms. The molecule has 30 heavy (non-hydrogen) atoms. The van der Waals surface area contributed by atoms with E-state index in [0.717, 1.165) is 29.9 Å². The van der Waals surface area contributed by atoms with Crippen LogP contribution < -0.4 is 4.74 Å². The molecule has 0 aromatic heterocycles. The van der Waals surface area contributed by atoms with Gasteiger partial charge in [-0.25, -0.2) is 0 Å². The second kappa shape index (κ2) is 13.1. The molecular weight excluding hydrogens is 396 g/mol. The smallest absolute Gasteiger partial charge is 0.136 e. The SMILES string of the molecule is CCCCCCCCCCOc1cc(C#C[Si](C)(C)C)c(C)cc1C#C[Si](C)(C)C. The van der Waals surface area contributed by atoms with Crippen molar-refractivity contribution in [3.05, 3.63) is 28.8 Å². The van der Waals surface area contributed by atoms with Crippen molar-refractivity contribution in [1.82, 2.24) is 0 Å². The van der Waals surface area contributed by atoms with Crippen LogP contribution in [0.25, 0.3) is 0 Å². The molecule has 0 N–H and O–H groups in total. The van der Waals surface area contributed by atoms with Gasteiger partial charge in [-0.2, -0.15) is 0 Å². The molecule has 1 nitrogen and oxygen atoms in total. The fourth-order valence-corrected chi connectivity index (χ4v) is 3.99. The summed E-state index contributed by atoms with van der Waals surface area (Å²) in [6.07, 6.45) is 10.5. The maximum Gasteiger partial charge on any atom is 0.136 e. The van der Waals surface area contributed by atoms with E-state index in [-0.39, 0.29) is 0 Å². The Labute approximate surface area is 189 Å². The zero-order valence-corrected chi connectivity index (χ0v) is 22.9. The molecule has 0 atom stereocenters. The van der Waals surface area contributed by atoms with Gasteiger partial charge in [-0.1, -0.05) is 103 Å². The topological polar surface area (TPSA) is 9.23 Å². The summed E-state index contributed by atoms with van der Waals surface area (Å²) in [6.45, 7) is 18.9. The zero-order valence-electron chi connectivity index (χ0n) is 20.9. The predicted molar refractivity (Wildman–Crippen MR) is 140 cm³/mol. The fraction of sp³-hybridized carbons (Fsp3) is 0.630. The maximum atomic E-state index is 6.23. The Hall–Kier alpha value is -1.43. The van der Waals surface area contributed by atoms with Gasteiger partial charge in [0.05, 0.1) is 12.2 Å². The van der Waals surface area contributed by atoms with Crippen LogP contribution in [-0.4, -0.2) is 22.8 Å². The summed E-state index contributed by atoms with van der Waals surface area (Å²) in [5.41, 5.74) is 10.3. The van der Waals surface area contributed by atoms with Crippen molar-refractivity contribution in [3.8, 4) is 28.7 Å². The van der Waals surface area contributed by atoms with Crippen LogP contribution in [0, 0.1) is 29.9 Å². The van der Waals surface area contributed by atoms with Crippen LogP contribution in [0.3, 0.4) is 0 Å². The van der Waals surface area contributed by atoms with Crippen molar-refractivity contribution in [2.24, 2.45) is 0 Å². The average Bonchev–Trinajstić information content (AvgIpc) is 2.63. The van der Waals surface area contributed by atoms with Gasteiger partial charge in [0.1, 0.15) is 21.9 Å². The average molecular weight is 441 g/mol. The number of hydrogen-bond donors (Lipinski definition) is 0. The zero-order chi connectivity index (χ0) is 22.6. The summed E-state index contributed by atoms with van der Waals surface area (Å²) < 4.78 is 6.23. The summed E-state index contributed by atoms with van der Waals surface area (Å²) in [7, 11) is -2.85. The Morgan fingerprint density at radius 1 is 0.700 bits per heavy atom. The minimum Gasteiger partial charge on any atom is -0.492 e. The molecule has 0 aliphatic rings. The van der Waals surface area contributed by atoms with Gasteiger partial charge in [0.2, 0.25) is 0 Å². The Bertz CT molecular complexity index is 774. The summed E-state index contributed by atoms with van der Waals surface area (Å²) in [6, 6.07) is 4.30. The van der Waals surface area contributed by atoms with Crippen LogP contribution >= 0.6 is 0 Å². The molecule has 0 heterocycles. The van der Waals surface area contributed by atoms with E-state index < -0.39 is 16.1 Å². The first-order chi connectivity index (χ1) is 14.0. The standard InChI is InChI=1S/C27H44OSi2/c1-9-10-11-12-13-14-15-16-19-28-27-23-25(17-20-29(3,4)5)24(2)22-26(27)18-21-30(6,7)8/h22-23H,9-16,19H2,1-8H3. The van der Waals surface area contributed by atoms with Crippen LogP contribution in [0.1, 0.15) is 75.0 Å². The van der Waals surface area contributed by atoms with E-state index in [9.17, 15) is 0 Å². The van der Waals surface area contributed by atoms with Crippen LogP contribution in [0.5, 0.6) is 5.75 Å². The number of rotatable bonds is 10. The third-order valence-electron chi connectivity index (χ3n) is 4.73. The van der Waals surface area contributed by atoms with Crippen molar-refractivity contribution in [2.45, 2.75) is 104 Å². The number of unbranched alkanes of at least 4 members (excludes halogenated alkanes) is 7. The van der Waals surface area contributed by atoms with E-state index in [1.807, 2.05) is 0 Å². The first-order valence-corrected chi connectivity index (χ1v) is 18.9. The van der Waals surface area contributed by atoms with Crippen LogP contribution in [0.2, 0.25) is 39.3 Å². The quantitative estimate of drug-likeness (QED) is 0.203. The molecule has 1 rings (SSSR count). The van der Waals surface area contributed by atoms with Crippen molar-refractivity contribution in [3.63, 3.8) is 0 Å². The molecule has 0 saturated carbocycles. The fourth-order valence-electron chi connectivity index (χ4n) is 2.97. The number of hydrogen-bond acceptors (Lipinski definition) is 1. The van der Waals surface area contributed by atoms with E-state index in [2.05, 4.69) is 88.2 Å². The molecule has 0 saturated heterocycles. The minimum atomic E-state index is -1.44. The maximum absolute atomic E-state index is 6.23. The van der Waals surface area contributed by atoms with Crippen LogP contribution in [0.15, 0.2) is 12.1 Å². The van der Waals surface area contributed by atoms with Crippen molar-refractivity contribution >= 4 is 16.1 Å². The lowest BCUT2D eigenvalue weighted by molar-refractivity contribution is 0.303. The molecule has 166 valence electrons. The highest BCUT2D eigenvalue weighted by Gasteiger charge is 2.12. The molecule has 0 bridgehead atoms. The monoisotopic (exact) mass is 440 g/mol. The Kier molecular flexibility index (Phi) is 11.6.